The van der Waals surface area contributed by atoms with Crippen molar-refractivity contribution in [1.29, 1.82) is 0 Å². The number of halogens is 1. The number of benzene rings is 1. The molecule has 2 nitrogen and oxygen atoms in total. The van der Waals surface area contributed by atoms with Gasteiger partial charge in [0.15, 0.2) is 0 Å². The highest BCUT2D eigenvalue weighted by atomic mass is 19.1. The van der Waals surface area contributed by atoms with E-state index in [1.807, 2.05) is 12.1 Å². The zero-order chi connectivity index (χ0) is 15.2. The largest absolute Gasteiger partial charge is 0.313 e. The van der Waals surface area contributed by atoms with Gasteiger partial charge in [0.1, 0.15) is 5.82 Å². The fourth-order valence-electron chi connectivity index (χ4n) is 3.60. The van der Waals surface area contributed by atoms with Crippen LogP contribution in [-0.2, 0) is 6.54 Å². The number of hydrogen-bond donors (Lipinski definition) is 1. The maximum Gasteiger partial charge on any atom is 0.127 e. The first kappa shape index (κ1) is 16.4. The number of likely N-dealkylation sites (N-methyl/N-ethyl adjacent to an activating group) is 2. The first-order chi connectivity index (χ1) is 10.2. The molecule has 21 heavy (non-hydrogen) atoms. The Bertz CT molecular complexity index is 435. The minimum atomic E-state index is -0.0906. The molecule has 1 aliphatic carbocycles. The van der Waals surface area contributed by atoms with Crippen LogP contribution in [0.3, 0.4) is 0 Å². The molecule has 1 aromatic carbocycles. The van der Waals surface area contributed by atoms with Crippen molar-refractivity contribution >= 4 is 0 Å². The molecule has 1 aliphatic rings. The predicted octanol–water partition coefficient (Wildman–Crippen LogP) is 3.81. The first-order valence-corrected chi connectivity index (χ1v) is 8.32. The van der Waals surface area contributed by atoms with Gasteiger partial charge in [0.2, 0.25) is 0 Å². The van der Waals surface area contributed by atoms with E-state index in [1.165, 1.54) is 25.7 Å². The number of nitrogens with zero attached hydrogens (tertiary/aromatic N) is 1. The molecule has 0 bridgehead atoms. The molecule has 1 saturated carbocycles. The zero-order valence-electron chi connectivity index (χ0n) is 13.6. The molecular weight excluding hydrogens is 263 g/mol. The lowest BCUT2D eigenvalue weighted by Gasteiger charge is -2.41. The summed E-state index contributed by atoms with van der Waals surface area (Å²) in [5.41, 5.74) is 0.800. The van der Waals surface area contributed by atoms with E-state index in [1.54, 1.807) is 12.1 Å². The van der Waals surface area contributed by atoms with Crippen molar-refractivity contribution in [2.75, 3.05) is 13.6 Å². The second kappa shape index (κ2) is 7.90. The van der Waals surface area contributed by atoms with Crippen LogP contribution in [-0.4, -0.2) is 30.6 Å². The molecule has 0 spiro atoms. The van der Waals surface area contributed by atoms with Gasteiger partial charge in [-0.2, -0.15) is 0 Å². The van der Waals surface area contributed by atoms with Gasteiger partial charge < -0.3 is 5.32 Å². The Morgan fingerprint density at radius 1 is 1.24 bits per heavy atom. The maximum atomic E-state index is 13.9. The third-order valence-electron chi connectivity index (χ3n) is 4.91. The Morgan fingerprint density at radius 3 is 2.67 bits per heavy atom. The second-order valence-corrected chi connectivity index (χ2v) is 6.33. The van der Waals surface area contributed by atoms with E-state index in [4.69, 9.17) is 0 Å². The van der Waals surface area contributed by atoms with Crippen LogP contribution in [0.4, 0.5) is 4.39 Å². The lowest BCUT2D eigenvalue weighted by molar-refractivity contribution is 0.112. The Hall–Kier alpha value is -0.930. The smallest absolute Gasteiger partial charge is 0.127 e. The van der Waals surface area contributed by atoms with E-state index in [0.717, 1.165) is 18.0 Å². The van der Waals surface area contributed by atoms with E-state index in [2.05, 4.69) is 31.1 Å². The van der Waals surface area contributed by atoms with Crippen molar-refractivity contribution in [3.8, 4) is 0 Å². The van der Waals surface area contributed by atoms with Gasteiger partial charge in [0.25, 0.3) is 0 Å². The van der Waals surface area contributed by atoms with Gasteiger partial charge >= 0.3 is 0 Å². The molecule has 1 N–H and O–H groups in total. The van der Waals surface area contributed by atoms with Gasteiger partial charge in [-0.1, -0.05) is 38.5 Å². The van der Waals surface area contributed by atoms with Gasteiger partial charge in [-0.3, -0.25) is 4.90 Å². The molecule has 118 valence electrons. The summed E-state index contributed by atoms with van der Waals surface area (Å²) in [5, 5.41) is 3.63. The monoisotopic (exact) mass is 292 g/mol. The molecular formula is C18H29FN2. The first-order valence-electron chi connectivity index (χ1n) is 8.32. The zero-order valence-corrected chi connectivity index (χ0v) is 13.6. The molecule has 0 heterocycles. The average Bonchev–Trinajstić information content (AvgIpc) is 2.50. The molecule has 0 radical (unpaired) electrons. The molecule has 1 aromatic rings. The van der Waals surface area contributed by atoms with Gasteiger partial charge in [-0.05, 0) is 44.8 Å². The summed E-state index contributed by atoms with van der Waals surface area (Å²) in [4.78, 5) is 2.34. The topological polar surface area (TPSA) is 15.3 Å². The van der Waals surface area contributed by atoms with E-state index in [9.17, 15) is 4.39 Å². The molecule has 0 amide bonds. The van der Waals surface area contributed by atoms with Crippen molar-refractivity contribution in [3.05, 3.63) is 35.6 Å². The molecule has 1 fully saturated rings. The SMILES string of the molecule is CCNC1CCC(CC)CC1N(C)Cc1ccccc1F. The van der Waals surface area contributed by atoms with Crippen molar-refractivity contribution < 1.29 is 4.39 Å². The third kappa shape index (κ3) is 4.27. The standard InChI is InChI=1S/C18H29FN2/c1-4-14-10-11-17(20-5-2)18(12-14)21(3)13-15-8-6-7-9-16(15)19/h6-9,14,17-18,20H,4-5,10-13H2,1-3H3. The van der Waals surface area contributed by atoms with Crippen LogP contribution in [0.25, 0.3) is 0 Å². The van der Waals surface area contributed by atoms with E-state index in [0.29, 0.717) is 18.6 Å². The highest BCUT2D eigenvalue weighted by molar-refractivity contribution is 5.17. The highest BCUT2D eigenvalue weighted by Gasteiger charge is 2.32. The summed E-state index contributed by atoms with van der Waals surface area (Å²) in [6.45, 7) is 6.15. The molecule has 3 unspecified atom stereocenters. The normalized spacial score (nSPS) is 26.2. The molecule has 0 aromatic heterocycles. The number of hydrogen-bond acceptors (Lipinski definition) is 2. The van der Waals surface area contributed by atoms with E-state index < -0.39 is 0 Å². The summed E-state index contributed by atoms with van der Waals surface area (Å²) >= 11 is 0. The summed E-state index contributed by atoms with van der Waals surface area (Å²) in [6.07, 6.45) is 5.03. The average molecular weight is 292 g/mol. The summed E-state index contributed by atoms with van der Waals surface area (Å²) in [6, 6.07) is 8.17. The Labute approximate surface area is 128 Å². The van der Waals surface area contributed by atoms with Crippen molar-refractivity contribution in [3.63, 3.8) is 0 Å². The van der Waals surface area contributed by atoms with Crippen LogP contribution in [0.2, 0.25) is 0 Å². The van der Waals surface area contributed by atoms with Crippen LogP contribution in [0.1, 0.15) is 45.1 Å². The molecule has 2 rings (SSSR count). The highest BCUT2D eigenvalue weighted by Crippen LogP contribution is 2.30. The lowest BCUT2D eigenvalue weighted by Crippen LogP contribution is -2.51. The van der Waals surface area contributed by atoms with Gasteiger partial charge in [0, 0.05) is 24.2 Å². The minimum absolute atomic E-state index is 0.0906. The van der Waals surface area contributed by atoms with Crippen LogP contribution in [0.5, 0.6) is 0 Å². The molecule has 3 heteroatoms. The van der Waals surface area contributed by atoms with Crippen LogP contribution in [0, 0.1) is 11.7 Å². The summed E-state index contributed by atoms with van der Waals surface area (Å²) < 4.78 is 13.9. The van der Waals surface area contributed by atoms with Crippen LogP contribution >= 0.6 is 0 Å². The fraction of sp³-hybridized carbons (Fsp3) is 0.667. The Kier molecular flexibility index (Phi) is 6.19. The molecule has 3 atom stereocenters. The predicted molar refractivity (Wildman–Crippen MR) is 86.8 cm³/mol. The summed E-state index contributed by atoms with van der Waals surface area (Å²) in [7, 11) is 2.14. The third-order valence-corrected chi connectivity index (χ3v) is 4.91. The minimum Gasteiger partial charge on any atom is -0.313 e. The maximum absolute atomic E-state index is 13.9. The van der Waals surface area contributed by atoms with E-state index >= 15 is 0 Å². The van der Waals surface area contributed by atoms with Crippen molar-refractivity contribution in [2.24, 2.45) is 5.92 Å². The Balaban J connectivity index is 2.06. The second-order valence-electron chi connectivity index (χ2n) is 6.33. The molecule has 0 aliphatic heterocycles. The van der Waals surface area contributed by atoms with Crippen LogP contribution < -0.4 is 5.32 Å². The number of nitrogens with one attached hydrogen (secondary N) is 1. The summed E-state index contributed by atoms with van der Waals surface area (Å²) in [5.74, 6) is 0.722. The van der Waals surface area contributed by atoms with Crippen LogP contribution in [0.15, 0.2) is 24.3 Å². The van der Waals surface area contributed by atoms with Gasteiger partial charge in [-0.15, -0.1) is 0 Å². The quantitative estimate of drug-likeness (QED) is 0.857. The van der Waals surface area contributed by atoms with Gasteiger partial charge in [-0.25, -0.2) is 4.39 Å². The molecule has 0 saturated heterocycles. The van der Waals surface area contributed by atoms with E-state index in [-0.39, 0.29) is 5.82 Å². The number of rotatable bonds is 6. The van der Waals surface area contributed by atoms with Crippen molar-refractivity contribution in [2.45, 2.75) is 58.2 Å². The fourth-order valence-corrected chi connectivity index (χ4v) is 3.60. The van der Waals surface area contributed by atoms with Gasteiger partial charge in [0.05, 0.1) is 0 Å². The lowest BCUT2D eigenvalue weighted by atomic mass is 9.80. The Morgan fingerprint density at radius 2 is 2.00 bits per heavy atom. The van der Waals surface area contributed by atoms with Crippen molar-refractivity contribution in [1.82, 2.24) is 10.2 Å².